The van der Waals surface area contributed by atoms with Gasteiger partial charge in [-0.3, -0.25) is 13.9 Å². The van der Waals surface area contributed by atoms with Gasteiger partial charge in [0.05, 0.1) is 17.2 Å². The highest BCUT2D eigenvalue weighted by Gasteiger charge is 2.35. The molecule has 0 saturated carbocycles. The van der Waals surface area contributed by atoms with Crippen LogP contribution in [0.4, 0.5) is 10.1 Å². The number of nitrogens with zero attached hydrogens (tertiary/aromatic N) is 2. The number of sulfonamides is 1. The van der Waals surface area contributed by atoms with Crippen molar-refractivity contribution in [2.45, 2.75) is 57.6 Å². The molecule has 0 radical (unpaired) electrons. The van der Waals surface area contributed by atoms with E-state index in [2.05, 4.69) is 5.32 Å². The Kier molecular flexibility index (Phi) is 11.5. The fourth-order valence-corrected chi connectivity index (χ4v) is 6.38. The number of carbonyl (C=O) groups excluding carboxylic acids is 2. The number of carbonyl (C=O) groups is 2. The molecule has 242 valence electrons. The van der Waals surface area contributed by atoms with Crippen LogP contribution in [-0.2, 0) is 32.6 Å². The number of aryl methyl sites for hydroxylation is 1. The number of hydrogen-bond donors (Lipinski definition) is 1. The third-order valence-electron chi connectivity index (χ3n) is 7.29. The number of rotatable bonds is 14. The van der Waals surface area contributed by atoms with Gasteiger partial charge in [-0.1, -0.05) is 60.2 Å². The Morgan fingerprint density at radius 3 is 2.07 bits per heavy atom. The number of anilines is 1. The second-order valence-electron chi connectivity index (χ2n) is 11.3. The monoisotopic (exact) mass is 645 g/mol. The second-order valence-corrected chi connectivity index (χ2v) is 13.1. The zero-order valence-electron chi connectivity index (χ0n) is 26.5. The first-order valence-corrected chi connectivity index (χ1v) is 16.6. The minimum absolute atomic E-state index is 0.0169. The normalized spacial score (nSPS) is 12.0. The van der Waals surface area contributed by atoms with E-state index < -0.39 is 34.3 Å². The summed E-state index contributed by atoms with van der Waals surface area (Å²) in [7, 11) is -4.23. The number of nitrogens with one attached hydrogen (secondary N) is 1. The number of amides is 2. The highest BCUT2D eigenvalue weighted by atomic mass is 32.2. The summed E-state index contributed by atoms with van der Waals surface area (Å²) in [5.74, 6) is -0.876. The van der Waals surface area contributed by atoms with E-state index >= 15 is 0 Å². The smallest absolute Gasteiger partial charge is 0.264 e. The quantitative estimate of drug-likeness (QED) is 0.185. The second kappa shape index (κ2) is 15.5. The maximum Gasteiger partial charge on any atom is 0.264 e. The van der Waals surface area contributed by atoms with Gasteiger partial charge in [0.2, 0.25) is 11.8 Å². The van der Waals surface area contributed by atoms with Gasteiger partial charge < -0.3 is 15.0 Å². The van der Waals surface area contributed by atoms with Crippen LogP contribution in [0.25, 0.3) is 0 Å². The zero-order chi connectivity index (χ0) is 33.3. The molecular weight excluding hydrogens is 605 g/mol. The fraction of sp³-hybridized carbons (Fsp3) is 0.278. The van der Waals surface area contributed by atoms with Gasteiger partial charge >= 0.3 is 0 Å². The van der Waals surface area contributed by atoms with Crippen LogP contribution in [0.2, 0.25) is 0 Å². The van der Waals surface area contributed by atoms with Crippen LogP contribution < -0.4 is 14.4 Å². The van der Waals surface area contributed by atoms with E-state index in [-0.39, 0.29) is 35.5 Å². The van der Waals surface area contributed by atoms with E-state index in [4.69, 9.17) is 4.74 Å². The van der Waals surface area contributed by atoms with Crippen molar-refractivity contribution in [3.8, 4) is 5.75 Å². The lowest BCUT2D eigenvalue weighted by Crippen LogP contribution is -2.54. The fourth-order valence-electron chi connectivity index (χ4n) is 4.96. The first kappa shape index (κ1) is 34.2. The number of benzene rings is 4. The van der Waals surface area contributed by atoms with E-state index in [9.17, 15) is 22.4 Å². The minimum atomic E-state index is -4.23. The van der Waals surface area contributed by atoms with E-state index in [1.54, 1.807) is 48.5 Å². The highest BCUT2D eigenvalue weighted by molar-refractivity contribution is 7.92. The van der Waals surface area contributed by atoms with Gasteiger partial charge in [-0.15, -0.1) is 0 Å². The molecule has 4 rings (SSSR count). The standard InChI is InChI=1S/C36H40FN3O5S/c1-5-45-32-19-17-31(18-20-32)40(46(43,44)33-21-11-27(4)12-22-33)25-35(41)39(24-29-13-15-30(37)16-14-29)34(36(42)38-26(2)3)23-28-9-7-6-8-10-28/h6-22,26,34H,5,23-25H2,1-4H3,(H,38,42). The molecule has 0 aliphatic heterocycles. The Labute approximate surface area is 270 Å². The molecule has 1 unspecified atom stereocenters. The summed E-state index contributed by atoms with van der Waals surface area (Å²) in [5.41, 5.74) is 2.54. The van der Waals surface area contributed by atoms with Crippen molar-refractivity contribution < 1.29 is 27.1 Å². The molecule has 8 nitrogen and oxygen atoms in total. The van der Waals surface area contributed by atoms with E-state index in [0.717, 1.165) is 15.4 Å². The van der Waals surface area contributed by atoms with Gasteiger partial charge in [0.15, 0.2) is 0 Å². The minimum Gasteiger partial charge on any atom is -0.494 e. The maximum absolute atomic E-state index is 14.5. The van der Waals surface area contributed by atoms with Crippen LogP contribution in [0.3, 0.4) is 0 Å². The molecule has 0 bridgehead atoms. The summed E-state index contributed by atoms with van der Waals surface area (Å²) in [4.78, 5) is 29.6. The molecule has 2 amide bonds. The highest BCUT2D eigenvalue weighted by Crippen LogP contribution is 2.27. The predicted octanol–water partition coefficient (Wildman–Crippen LogP) is 5.89. The van der Waals surface area contributed by atoms with E-state index in [1.165, 1.54) is 29.2 Å². The Hall–Kier alpha value is -4.70. The average molecular weight is 646 g/mol. The van der Waals surface area contributed by atoms with Crippen LogP contribution in [0, 0.1) is 12.7 Å². The van der Waals surface area contributed by atoms with Crippen LogP contribution in [-0.4, -0.2) is 50.4 Å². The molecule has 0 heterocycles. The van der Waals surface area contributed by atoms with Crippen molar-refractivity contribution in [2.75, 3.05) is 17.5 Å². The molecule has 1 atom stereocenters. The van der Waals surface area contributed by atoms with Gasteiger partial charge in [0, 0.05) is 19.0 Å². The van der Waals surface area contributed by atoms with Crippen molar-refractivity contribution in [1.29, 1.82) is 0 Å². The van der Waals surface area contributed by atoms with Gasteiger partial charge in [-0.2, -0.15) is 0 Å². The Morgan fingerprint density at radius 1 is 0.848 bits per heavy atom. The largest absolute Gasteiger partial charge is 0.494 e. The van der Waals surface area contributed by atoms with E-state index in [0.29, 0.717) is 17.9 Å². The van der Waals surface area contributed by atoms with Gasteiger partial charge in [-0.05, 0) is 87.4 Å². The lowest BCUT2D eigenvalue weighted by molar-refractivity contribution is -0.140. The number of hydrogen-bond acceptors (Lipinski definition) is 5. The summed E-state index contributed by atoms with van der Waals surface area (Å²) in [6.07, 6.45) is 0.181. The molecular formula is C36H40FN3O5S. The molecule has 46 heavy (non-hydrogen) atoms. The molecule has 0 spiro atoms. The van der Waals surface area contributed by atoms with Gasteiger partial charge in [0.1, 0.15) is 24.2 Å². The Bertz CT molecular complexity index is 1700. The summed E-state index contributed by atoms with van der Waals surface area (Å²) >= 11 is 0. The van der Waals surface area contributed by atoms with Crippen molar-refractivity contribution in [3.63, 3.8) is 0 Å². The molecule has 4 aromatic carbocycles. The van der Waals surface area contributed by atoms with Gasteiger partial charge in [-0.25, -0.2) is 12.8 Å². The van der Waals surface area contributed by atoms with Crippen LogP contribution in [0.15, 0.2) is 108 Å². The Balaban J connectivity index is 1.80. The molecule has 1 N–H and O–H groups in total. The molecule has 0 saturated heterocycles. The molecule has 0 aliphatic carbocycles. The van der Waals surface area contributed by atoms with E-state index in [1.807, 2.05) is 58.0 Å². The lowest BCUT2D eigenvalue weighted by Gasteiger charge is -2.34. The van der Waals surface area contributed by atoms with Crippen molar-refractivity contribution in [3.05, 3.63) is 126 Å². The van der Waals surface area contributed by atoms with Crippen molar-refractivity contribution >= 4 is 27.5 Å². The number of ether oxygens (including phenoxy) is 1. The van der Waals surface area contributed by atoms with Crippen LogP contribution in [0.5, 0.6) is 5.75 Å². The topological polar surface area (TPSA) is 96.0 Å². The first-order valence-electron chi connectivity index (χ1n) is 15.2. The summed E-state index contributed by atoms with van der Waals surface area (Å²) < 4.78 is 48.7. The van der Waals surface area contributed by atoms with Gasteiger partial charge in [0.25, 0.3) is 10.0 Å². The van der Waals surface area contributed by atoms with Crippen molar-refractivity contribution in [1.82, 2.24) is 10.2 Å². The summed E-state index contributed by atoms with van der Waals surface area (Å²) in [5, 5.41) is 2.92. The SMILES string of the molecule is CCOc1ccc(N(CC(=O)N(Cc2ccc(F)cc2)C(Cc2ccccc2)C(=O)NC(C)C)S(=O)(=O)c2ccc(C)cc2)cc1. The summed E-state index contributed by atoms with van der Waals surface area (Å²) in [6.45, 7) is 7.14. The number of halogens is 1. The maximum atomic E-state index is 14.5. The van der Waals surface area contributed by atoms with Crippen molar-refractivity contribution in [2.24, 2.45) is 0 Å². The molecule has 0 aromatic heterocycles. The molecule has 4 aromatic rings. The third-order valence-corrected chi connectivity index (χ3v) is 9.08. The Morgan fingerprint density at radius 2 is 1.48 bits per heavy atom. The molecule has 0 fully saturated rings. The molecule has 0 aliphatic rings. The van der Waals surface area contributed by atoms with Crippen LogP contribution in [0.1, 0.15) is 37.5 Å². The average Bonchev–Trinajstić information content (AvgIpc) is 3.03. The van der Waals surface area contributed by atoms with Crippen LogP contribution >= 0.6 is 0 Å². The summed E-state index contributed by atoms with van der Waals surface area (Å²) in [6, 6.07) is 26.6. The molecule has 10 heteroatoms. The first-order chi connectivity index (χ1) is 22.0. The lowest BCUT2D eigenvalue weighted by atomic mass is 10.0. The third kappa shape index (κ3) is 8.94. The zero-order valence-corrected chi connectivity index (χ0v) is 27.3. The predicted molar refractivity (Wildman–Crippen MR) is 177 cm³/mol.